The molecule has 3 aromatic rings. The van der Waals surface area contributed by atoms with Crippen LogP contribution in [0.5, 0.6) is 0 Å². The molecule has 174 valence electrons. The van der Waals surface area contributed by atoms with Gasteiger partial charge in [0.1, 0.15) is 15.9 Å². The number of nitrogens with one attached hydrogen (secondary N) is 2. The van der Waals surface area contributed by atoms with Gasteiger partial charge in [0.2, 0.25) is 0 Å². The summed E-state index contributed by atoms with van der Waals surface area (Å²) in [5.74, 6) is -1.95. The first-order chi connectivity index (χ1) is 16.4. The Hall–Kier alpha value is -3.62. The van der Waals surface area contributed by atoms with Crippen LogP contribution in [0, 0.1) is 5.92 Å². The van der Waals surface area contributed by atoms with Crippen LogP contribution in [0.4, 0.5) is 0 Å². The summed E-state index contributed by atoms with van der Waals surface area (Å²) < 4.78 is 0. The average Bonchev–Trinajstić information content (AvgIpc) is 2.87. The number of amides is 2. The SMILES string of the molecule is CN(NC(=O)C(Cc1ccccc1)C(=O)NN(C)C(=S)c1ccccc1)C(=S)c1ccccc1. The van der Waals surface area contributed by atoms with Crippen molar-refractivity contribution in [2.24, 2.45) is 5.92 Å². The lowest BCUT2D eigenvalue weighted by Crippen LogP contribution is -2.52. The fourth-order valence-corrected chi connectivity index (χ4v) is 3.65. The number of hydrogen-bond acceptors (Lipinski definition) is 4. The van der Waals surface area contributed by atoms with E-state index < -0.39 is 17.7 Å². The Morgan fingerprint density at radius 1 is 0.676 bits per heavy atom. The van der Waals surface area contributed by atoms with E-state index >= 15 is 0 Å². The molecule has 0 heterocycles. The van der Waals surface area contributed by atoms with Crippen molar-refractivity contribution in [2.45, 2.75) is 6.42 Å². The van der Waals surface area contributed by atoms with E-state index in [0.29, 0.717) is 9.98 Å². The van der Waals surface area contributed by atoms with Crippen molar-refractivity contribution in [3.05, 3.63) is 108 Å². The predicted molar refractivity (Wildman–Crippen MR) is 142 cm³/mol. The van der Waals surface area contributed by atoms with Crippen LogP contribution in [0.15, 0.2) is 91.0 Å². The highest BCUT2D eigenvalue weighted by Crippen LogP contribution is 2.12. The van der Waals surface area contributed by atoms with Crippen molar-refractivity contribution in [2.75, 3.05) is 14.1 Å². The summed E-state index contributed by atoms with van der Waals surface area (Å²) >= 11 is 11.0. The van der Waals surface area contributed by atoms with E-state index in [1.54, 1.807) is 14.1 Å². The van der Waals surface area contributed by atoms with E-state index in [9.17, 15) is 9.59 Å². The molecule has 0 bridgehead atoms. The molecule has 34 heavy (non-hydrogen) atoms. The van der Waals surface area contributed by atoms with Crippen LogP contribution in [-0.4, -0.2) is 45.9 Å². The number of hydrogen-bond donors (Lipinski definition) is 2. The van der Waals surface area contributed by atoms with Crippen molar-refractivity contribution in [1.82, 2.24) is 20.9 Å². The highest BCUT2D eigenvalue weighted by atomic mass is 32.1. The molecule has 0 aliphatic carbocycles. The third-order valence-electron chi connectivity index (χ3n) is 5.12. The van der Waals surface area contributed by atoms with Crippen molar-refractivity contribution in [1.29, 1.82) is 0 Å². The van der Waals surface area contributed by atoms with Crippen LogP contribution in [0.1, 0.15) is 16.7 Å². The largest absolute Gasteiger partial charge is 0.277 e. The van der Waals surface area contributed by atoms with E-state index in [1.807, 2.05) is 91.0 Å². The number of hydrazine groups is 2. The molecule has 0 fully saturated rings. The molecule has 0 atom stereocenters. The molecule has 0 aliphatic heterocycles. The lowest BCUT2D eigenvalue weighted by molar-refractivity contribution is -0.138. The van der Waals surface area contributed by atoms with Crippen molar-refractivity contribution in [3.8, 4) is 0 Å². The monoisotopic (exact) mass is 490 g/mol. The topological polar surface area (TPSA) is 64.7 Å². The maximum Gasteiger partial charge on any atom is 0.251 e. The van der Waals surface area contributed by atoms with Gasteiger partial charge in [0, 0.05) is 25.2 Å². The van der Waals surface area contributed by atoms with E-state index in [2.05, 4.69) is 10.9 Å². The Bertz CT molecular complexity index is 1070. The van der Waals surface area contributed by atoms with Gasteiger partial charge < -0.3 is 0 Å². The van der Waals surface area contributed by atoms with Gasteiger partial charge in [-0.2, -0.15) is 0 Å². The molecule has 6 nitrogen and oxygen atoms in total. The van der Waals surface area contributed by atoms with Gasteiger partial charge in [-0.05, 0) is 12.0 Å². The Morgan fingerprint density at radius 2 is 1.03 bits per heavy atom. The van der Waals surface area contributed by atoms with Crippen molar-refractivity contribution >= 4 is 46.2 Å². The van der Waals surface area contributed by atoms with Gasteiger partial charge in [-0.1, -0.05) is 115 Å². The normalized spacial score (nSPS) is 10.3. The van der Waals surface area contributed by atoms with Gasteiger partial charge in [-0.25, -0.2) is 0 Å². The number of benzene rings is 3. The first-order valence-corrected chi connectivity index (χ1v) is 11.5. The number of rotatable bonds is 6. The van der Waals surface area contributed by atoms with Gasteiger partial charge in [-0.15, -0.1) is 0 Å². The summed E-state index contributed by atoms with van der Waals surface area (Å²) in [5.41, 5.74) is 7.95. The first kappa shape index (κ1) is 25.0. The van der Waals surface area contributed by atoms with Gasteiger partial charge in [-0.3, -0.25) is 30.5 Å². The molecule has 8 heteroatoms. The lowest BCUT2D eigenvalue weighted by atomic mass is 9.98. The molecule has 3 aromatic carbocycles. The Kier molecular flexibility index (Phi) is 8.84. The quantitative estimate of drug-likeness (QED) is 0.313. The molecule has 0 saturated carbocycles. The van der Waals surface area contributed by atoms with Crippen LogP contribution >= 0.6 is 24.4 Å². The Balaban J connectivity index is 1.74. The maximum absolute atomic E-state index is 13.2. The lowest BCUT2D eigenvalue weighted by Gasteiger charge is -2.27. The molecule has 0 spiro atoms. The van der Waals surface area contributed by atoms with Gasteiger partial charge in [0.25, 0.3) is 11.8 Å². The molecular weight excluding hydrogens is 464 g/mol. The number of carbonyl (C=O) groups is 2. The van der Waals surface area contributed by atoms with Gasteiger partial charge in [0.15, 0.2) is 0 Å². The molecule has 0 aromatic heterocycles. The first-order valence-electron chi connectivity index (χ1n) is 10.7. The van der Waals surface area contributed by atoms with E-state index in [1.165, 1.54) is 10.0 Å². The summed E-state index contributed by atoms with van der Waals surface area (Å²) in [6.07, 6.45) is 0.219. The van der Waals surface area contributed by atoms with Crippen molar-refractivity contribution < 1.29 is 9.59 Å². The van der Waals surface area contributed by atoms with Gasteiger partial charge in [0.05, 0.1) is 0 Å². The standard InChI is InChI=1S/C26H26N4O2S2/c1-29(25(33)20-14-8-4-9-15-20)27-23(31)22(18-19-12-6-3-7-13-19)24(32)28-30(2)26(34)21-16-10-5-11-17-21/h3-17,22H,18H2,1-2H3,(H,27,31)(H,28,32). The second-order valence-corrected chi connectivity index (χ2v) is 8.43. The number of nitrogens with zero attached hydrogens (tertiary/aromatic N) is 2. The molecule has 0 aliphatic rings. The average molecular weight is 491 g/mol. The number of carbonyl (C=O) groups excluding carboxylic acids is 2. The van der Waals surface area contributed by atoms with Crippen molar-refractivity contribution in [3.63, 3.8) is 0 Å². The second kappa shape index (κ2) is 12.0. The molecule has 2 amide bonds. The molecule has 0 unspecified atom stereocenters. The fourth-order valence-electron chi connectivity index (χ4n) is 3.29. The summed E-state index contributed by atoms with van der Waals surface area (Å²) in [6.45, 7) is 0. The summed E-state index contributed by atoms with van der Waals surface area (Å²) in [7, 11) is 3.31. The molecule has 0 radical (unpaired) electrons. The third kappa shape index (κ3) is 6.69. The van der Waals surface area contributed by atoms with E-state index in [4.69, 9.17) is 24.4 Å². The maximum atomic E-state index is 13.2. The smallest absolute Gasteiger partial charge is 0.251 e. The molecular formula is C26H26N4O2S2. The fraction of sp³-hybridized carbons (Fsp3) is 0.154. The van der Waals surface area contributed by atoms with Gasteiger partial charge >= 0.3 is 0 Å². The van der Waals surface area contributed by atoms with Crippen LogP contribution in [0.2, 0.25) is 0 Å². The minimum atomic E-state index is -1.01. The zero-order valence-electron chi connectivity index (χ0n) is 19.0. The van der Waals surface area contributed by atoms with Crippen LogP contribution in [0.3, 0.4) is 0 Å². The summed E-state index contributed by atoms with van der Waals surface area (Å²) in [6, 6.07) is 28.1. The Morgan fingerprint density at radius 3 is 1.41 bits per heavy atom. The minimum absolute atomic E-state index is 0.219. The third-order valence-corrected chi connectivity index (χ3v) is 6.14. The predicted octanol–water partition coefficient (Wildman–Crippen LogP) is 3.52. The second-order valence-electron chi connectivity index (χ2n) is 7.65. The van der Waals surface area contributed by atoms with Crippen LogP contribution in [-0.2, 0) is 16.0 Å². The number of thiocarbonyl (C=S) groups is 2. The highest BCUT2D eigenvalue weighted by Gasteiger charge is 2.29. The molecule has 3 rings (SSSR count). The minimum Gasteiger partial charge on any atom is -0.277 e. The Labute approximate surface area is 210 Å². The molecule has 2 N–H and O–H groups in total. The zero-order chi connectivity index (χ0) is 24.5. The van der Waals surface area contributed by atoms with E-state index in [-0.39, 0.29) is 6.42 Å². The van der Waals surface area contributed by atoms with Crippen LogP contribution in [0.25, 0.3) is 0 Å². The summed E-state index contributed by atoms with van der Waals surface area (Å²) in [5, 5.41) is 2.91. The summed E-state index contributed by atoms with van der Waals surface area (Å²) in [4.78, 5) is 27.3. The zero-order valence-corrected chi connectivity index (χ0v) is 20.6. The highest BCUT2D eigenvalue weighted by molar-refractivity contribution is 7.80. The molecule has 0 saturated heterocycles. The van der Waals surface area contributed by atoms with Crippen LogP contribution < -0.4 is 10.9 Å². The van der Waals surface area contributed by atoms with E-state index in [0.717, 1.165) is 16.7 Å².